The Bertz CT molecular complexity index is 1340. The van der Waals surface area contributed by atoms with Crippen molar-refractivity contribution in [2.24, 2.45) is 0 Å². The molecule has 290 valence electrons. The van der Waals surface area contributed by atoms with E-state index in [0.717, 1.165) is 5.56 Å². The van der Waals surface area contributed by atoms with E-state index < -0.39 is 84.6 Å². The van der Waals surface area contributed by atoms with Gasteiger partial charge in [0.15, 0.2) is 24.6 Å². The number of carbonyl (C=O) groups excluding carboxylic acids is 7. The highest BCUT2D eigenvalue weighted by atomic mass is 16.7. The van der Waals surface area contributed by atoms with Crippen molar-refractivity contribution in [2.45, 2.75) is 123 Å². The van der Waals surface area contributed by atoms with E-state index in [-0.39, 0.29) is 32.6 Å². The second-order valence-electron chi connectivity index (χ2n) is 12.1. The molecule has 0 radical (unpaired) electrons. The SMILES string of the molecule is COC(=O)CC[C@H](NC(=O)[C@@H](C)NC(=O)OCc1ccccc1)C(=O)NCCCCCCO[C@H]1O[C@@H](C)[C@@H](OC(C)=O)[C@@H](OC(C)=O)[C@@H]1OC(C)=O. The summed E-state index contributed by atoms with van der Waals surface area (Å²) in [6.07, 6.45) is -3.62. The molecule has 0 saturated carbocycles. The first-order valence-electron chi connectivity index (χ1n) is 17.1. The first-order valence-corrected chi connectivity index (χ1v) is 17.1. The molecule has 1 aromatic carbocycles. The van der Waals surface area contributed by atoms with Gasteiger partial charge in [0.05, 0.1) is 13.2 Å². The number of esters is 4. The van der Waals surface area contributed by atoms with Crippen LogP contribution in [0.5, 0.6) is 0 Å². The second-order valence-corrected chi connectivity index (χ2v) is 12.1. The minimum atomic E-state index is -1.18. The lowest BCUT2D eigenvalue weighted by molar-refractivity contribution is -0.300. The van der Waals surface area contributed by atoms with E-state index in [1.54, 1.807) is 31.2 Å². The fourth-order valence-electron chi connectivity index (χ4n) is 5.16. The van der Waals surface area contributed by atoms with Gasteiger partial charge >= 0.3 is 30.0 Å². The Morgan fingerprint density at radius 2 is 1.40 bits per heavy atom. The fourth-order valence-corrected chi connectivity index (χ4v) is 5.16. The van der Waals surface area contributed by atoms with E-state index in [9.17, 15) is 33.6 Å². The van der Waals surface area contributed by atoms with E-state index >= 15 is 0 Å². The summed E-state index contributed by atoms with van der Waals surface area (Å²) >= 11 is 0. The third-order valence-corrected chi connectivity index (χ3v) is 7.72. The van der Waals surface area contributed by atoms with Crippen LogP contribution in [0.3, 0.4) is 0 Å². The largest absolute Gasteiger partial charge is 0.469 e. The molecule has 17 nitrogen and oxygen atoms in total. The summed E-state index contributed by atoms with van der Waals surface area (Å²) in [5, 5.41) is 7.77. The molecule has 0 aliphatic carbocycles. The average Bonchev–Trinajstić information content (AvgIpc) is 3.09. The van der Waals surface area contributed by atoms with Crippen LogP contribution in [-0.4, -0.2) is 105 Å². The number of hydrogen-bond donors (Lipinski definition) is 3. The number of nitrogens with one attached hydrogen (secondary N) is 3. The fraction of sp³-hybridized carbons (Fsp3) is 0.629. The summed E-state index contributed by atoms with van der Waals surface area (Å²) in [4.78, 5) is 85.1. The molecule has 1 aliphatic heterocycles. The van der Waals surface area contributed by atoms with Crippen molar-refractivity contribution in [3.05, 3.63) is 35.9 Å². The van der Waals surface area contributed by atoms with Crippen molar-refractivity contribution in [3.8, 4) is 0 Å². The number of amides is 3. The van der Waals surface area contributed by atoms with Gasteiger partial charge in [-0.05, 0) is 38.7 Å². The summed E-state index contributed by atoms with van der Waals surface area (Å²) in [5.41, 5.74) is 0.772. The molecule has 1 aromatic rings. The van der Waals surface area contributed by atoms with Gasteiger partial charge in [-0.2, -0.15) is 0 Å². The number of hydrogen-bond acceptors (Lipinski definition) is 14. The van der Waals surface area contributed by atoms with Crippen molar-refractivity contribution in [1.82, 2.24) is 16.0 Å². The third kappa shape index (κ3) is 16.1. The smallest absolute Gasteiger partial charge is 0.408 e. The maximum atomic E-state index is 13.0. The van der Waals surface area contributed by atoms with Gasteiger partial charge in [0.2, 0.25) is 11.8 Å². The Balaban J connectivity index is 1.81. The number of carbonyl (C=O) groups is 7. The molecule has 1 saturated heterocycles. The van der Waals surface area contributed by atoms with Crippen LogP contribution >= 0.6 is 0 Å². The molecule has 7 atom stereocenters. The first kappa shape index (κ1) is 43.4. The highest BCUT2D eigenvalue weighted by Crippen LogP contribution is 2.29. The van der Waals surface area contributed by atoms with Crippen molar-refractivity contribution >= 4 is 41.8 Å². The summed E-state index contributed by atoms with van der Waals surface area (Å²) in [6.45, 7) is 7.10. The molecule has 0 spiro atoms. The van der Waals surface area contributed by atoms with Gasteiger partial charge in [-0.15, -0.1) is 0 Å². The van der Waals surface area contributed by atoms with Crippen LogP contribution in [0.2, 0.25) is 0 Å². The number of benzene rings is 1. The number of unbranched alkanes of at least 4 members (excludes halogenated alkanes) is 3. The maximum Gasteiger partial charge on any atom is 0.408 e. The highest BCUT2D eigenvalue weighted by Gasteiger charge is 2.50. The zero-order chi connectivity index (χ0) is 38.6. The van der Waals surface area contributed by atoms with Crippen LogP contribution in [-0.2, 0) is 68.5 Å². The van der Waals surface area contributed by atoms with Gasteiger partial charge < -0.3 is 49.1 Å². The average molecular weight is 738 g/mol. The molecule has 0 aromatic heterocycles. The summed E-state index contributed by atoms with van der Waals surface area (Å²) in [5.74, 6) is -3.67. The summed E-state index contributed by atoms with van der Waals surface area (Å²) < 4.78 is 37.6. The van der Waals surface area contributed by atoms with Crippen LogP contribution in [0.15, 0.2) is 30.3 Å². The second kappa shape index (κ2) is 22.9. The molecule has 1 heterocycles. The van der Waals surface area contributed by atoms with E-state index in [2.05, 4.69) is 20.7 Å². The highest BCUT2D eigenvalue weighted by molar-refractivity contribution is 5.91. The molecule has 3 N–H and O–H groups in total. The van der Waals surface area contributed by atoms with Crippen molar-refractivity contribution < 1.29 is 66.7 Å². The molecule has 0 bridgehead atoms. The Kier molecular flexibility index (Phi) is 19.1. The lowest BCUT2D eigenvalue weighted by atomic mass is 9.99. The standard InChI is InChI=1S/C35H51N3O14/c1-21(37-35(45)48-20-26-14-10-9-11-15-26)32(43)38-27(16-17-28(42)46-6)33(44)36-18-12-7-8-13-19-47-34-31(52-25(5)41)30(51-24(4)40)29(22(2)49-34)50-23(3)39/h9-11,14-15,21-22,27,29-31,34H,7-8,12-13,16-20H2,1-6H3,(H,36,44)(H,37,45)(H,38,43)/t21-,22+,27+,29-,30-,31+,34+/m1/s1. The van der Waals surface area contributed by atoms with E-state index in [1.807, 2.05) is 6.07 Å². The van der Waals surface area contributed by atoms with Crippen molar-refractivity contribution in [3.63, 3.8) is 0 Å². The normalized spacial score (nSPS) is 20.6. The van der Waals surface area contributed by atoms with Gasteiger partial charge in [-0.3, -0.25) is 28.8 Å². The summed E-state index contributed by atoms with van der Waals surface area (Å²) in [7, 11) is 1.22. The minimum absolute atomic E-state index is 0.0143. The minimum Gasteiger partial charge on any atom is -0.469 e. The zero-order valence-electron chi connectivity index (χ0n) is 30.5. The molecule has 3 amide bonds. The van der Waals surface area contributed by atoms with Gasteiger partial charge in [0.25, 0.3) is 0 Å². The predicted octanol–water partition coefficient (Wildman–Crippen LogP) is 1.97. The van der Waals surface area contributed by atoms with E-state index in [1.165, 1.54) is 34.8 Å². The van der Waals surface area contributed by atoms with Crippen molar-refractivity contribution in [1.29, 1.82) is 0 Å². The molecule has 52 heavy (non-hydrogen) atoms. The van der Waals surface area contributed by atoms with Crippen LogP contribution in [0.25, 0.3) is 0 Å². The predicted molar refractivity (Wildman–Crippen MR) is 181 cm³/mol. The topological polar surface area (TPSA) is 220 Å². The molecular weight excluding hydrogens is 686 g/mol. The van der Waals surface area contributed by atoms with Crippen LogP contribution in [0.1, 0.15) is 78.7 Å². The Morgan fingerprint density at radius 3 is 2.04 bits per heavy atom. The lowest BCUT2D eigenvalue weighted by Crippen LogP contribution is -2.61. The van der Waals surface area contributed by atoms with Gasteiger partial charge in [0.1, 0.15) is 18.7 Å². The monoisotopic (exact) mass is 737 g/mol. The van der Waals surface area contributed by atoms with Crippen molar-refractivity contribution in [2.75, 3.05) is 20.3 Å². The molecule has 1 fully saturated rings. The van der Waals surface area contributed by atoms with Gasteiger partial charge in [-0.1, -0.05) is 43.2 Å². The third-order valence-electron chi connectivity index (χ3n) is 7.72. The summed E-state index contributed by atoms with van der Waals surface area (Å²) in [6, 6.07) is 6.91. The first-order chi connectivity index (χ1) is 24.7. The Hall–Kier alpha value is -4.77. The van der Waals surface area contributed by atoms with E-state index in [4.69, 9.17) is 28.4 Å². The lowest BCUT2D eigenvalue weighted by Gasteiger charge is -2.43. The molecular formula is C35H51N3O14. The molecule has 17 heteroatoms. The number of methoxy groups -OCH3 is 1. The Labute approximate surface area is 303 Å². The van der Waals surface area contributed by atoms with Crippen LogP contribution in [0, 0.1) is 0 Å². The van der Waals surface area contributed by atoms with E-state index in [0.29, 0.717) is 25.7 Å². The maximum absolute atomic E-state index is 13.0. The molecule has 0 unspecified atom stereocenters. The molecule has 1 aliphatic rings. The zero-order valence-corrected chi connectivity index (χ0v) is 30.5. The van der Waals surface area contributed by atoms with Gasteiger partial charge in [-0.25, -0.2) is 4.79 Å². The Morgan fingerprint density at radius 1 is 0.788 bits per heavy atom. The number of rotatable bonds is 20. The van der Waals surface area contributed by atoms with Gasteiger partial charge in [0, 0.05) is 40.3 Å². The number of ether oxygens (including phenoxy) is 7. The van der Waals surface area contributed by atoms with Crippen LogP contribution < -0.4 is 16.0 Å². The number of alkyl carbamates (subject to hydrolysis) is 1. The molecule has 2 rings (SSSR count). The van der Waals surface area contributed by atoms with Crippen LogP contribution in [0.4, 0.5) is 4.79 Å². The quantitative estimate of drug-likeness (QED) is 0.0990.